The molecule has 0 unspecified atom stereocenters. The van der Waals surface area contributed by atoms with E-state index in [1.165, 1.54) is 6.92 Å². The van der Waals surface area contributed by atoms with Crippen LogP contribution >= 0.6 is 12.6 Å². The highest BCUT2D eigenvalue weighted by molar-refractivity contribution is 7.80. The van der Waals surface area contributed by atoms with Gasteiger partial charge >= 0.3 is 11.9 Å². The monoisotopic (exact) mass is 294 g/mol. The highest BCUT2D eigenvalue weighted by atomic mass is 32.1. The standard InChI is InChI=1S/C5H9NO3S.C5H9NO3/c1-3(7)6-4(2-10)5(8)9;1-2-4(7)6-3-5(8)9/h4,10H,2H2,1H3,(H,6,7)(H,8,9);2-3H2,1H3,(H,6,7)(H,8,9)/t4-;/m0./s1. The number of aliphatic carboxylic acids is 2. The van der Waals surface area contributed by atoms with E-state index in [1.807, 2.05) is 0 Å². The zero-order chi connectivity index (χ0) is 15.4. The zero-order valence-electron chi connectivity index (χ0n) is 10.7. The summed E-state index contributed by atoms with van der Waals surface area (Å²) in [6.07, 6.45) is 0.327. The predicted octanol–water partition coefficient (Wildman–Crippen LogP) is -0.897. The van der Waals surface area contributed by atoms with E-state index in [0.717, 1.165) is 0 Å². The largest absolute Gasteiger partial charge is 0.480 e. The molecule has 0 aromatic carbocycles. The van der Waals surface area contributed by atoms with E-state index >= 15 is 0 Å². The van der Waals surface area contributed by atoms with Crippen LogP contribution in [0.4, 0.5) is 0 Å². The lowest BCUT2D eigenvalue weighted by atomic mass is 10.3. The van der Waals surface area contributed by atoms with Crippen LogP contribution in [0.2, 0.25) is 0 Å². The van der Waals surface area contributed by atoms with Gasteiger partial charge in [-0.15, -0.1) is 0 Å². The molecule has 0 fully saturated rings. The minimum atomic E-state index is -1.06. The molecule has 0 aliphatic carbocycles. The first kappa shape index (κ1) is 19.6. The van der Waals surface area contributed by atoms with Gasteiger partial charge in [0, 0.05) is 19.1 Å². The number of amides is 2. The fraction of sp³-hybridized carbons (Fsp3) is 0.600. The maximum atomic E-state index is 10.3. The highest BCUT2D eigenvalue weighted by Crippen LogP contribution is 1.86. The van der Waals surface area contributed by atoms with E-state index in [0.29, 0.717) is 6.42 Å². The molecule has 0 bridgehead atoms. The van der Waals surface area contributed by atoms with Crippen LogP contribution in [0.1, 0.15) is 20.3 Å². The first-order chi connectivity index (χ1) is 8.74. The summed E-state index contributed by atoms with van der Waals surface area (Å²) in [6, 6.07) is -0.874. The summed E-state index contributed by atoms with van der Waals surface area (Å²) in [5.41, 5.74) is 0. The minimum absolute atomic E-state index is 0.106. The number of nitrogens with one attached hydrogen (secondary N) is 2. The van der Waals surface area contributed by atoms with Crippen molar-refractivity contribution in [2.24, 2.45) is 0 Å². The molecule has 2 amide bonds. The second-order valence-electron chi connectivity index (χ2n) is 3.30. The summed E-state index contributed by atoms with van der Waals surface area (Å²) in [4.78, 5) is 40.7. The Morgan fingerprint density at radius 3 is 1.95 bits per heavy atom. The summed E-state index contributed by atoms with van der Waals surface area (Å²) in [6.45, 7) is 2.64. The molecule has 0 heterocycles. The van der Waals surface area contributed by atoms with Gasteiger partial charge in [0.2, 0.25) is 11.8 Å². The Morgan fingerprint density at radius 1 is 1.21 bits per heavy atom. The molecule has 4 N–H and O–H groups in total. The molecule has 0 radical (unpaired) electrons. The van der Waals surface area contributed by atoms with Gasteiger partial charge in [0.1, 0.15) is 12.6 Å². The summed E-state index contributed by atoms with van der Waals surface area (Å²) in [7, 11) is 0. The van der Waals surface area contributed by atoms with Crippen molar-refractivity contribution in [3.63, 3.8) is 0 Å². The van der Waals surface area contributed by atoms with Crippen molar-refractivity contribution < 1.29 is 29.4 Å². The number of hydrogen-bond acceptors (Lipinski definition) is 5. The predicted molar refractivity (Wildman–Crippen MR) is 70.0 cm³/mol. The Morgan fingerprint density at radius 2 is 1.74 bits per heavy atom. The number of carboxylic acids is 2. The van der Waals surface area contributed by atoms with Crippen LogP contribution in [0.3, 0.4) is 0 Å². The molecule has 0 rings (SSSR count). The maximum absolute atomic E-state index is 10.3. The van der Waals surface area contributed by atoms with Gasteiger partial charge in [-0.25, -0.2) is 4.79 Å². The maximum Gasteiger partial charge on any atom is 0.327 e. The van der Waals surface area contributed by atoms with Gasteiger partial charge in [-0.3, -0.25) is 14.4 Å². The number of hydrogen-bond donors (Lipinski definition) is 5. The van der Waals surface area contributed by atoms with Gasteiger partial charge in [0.15, 0.2) is 0 Å². The highest BCUT2D eigenvalue weighted by Gasteiger charge is 2.15. The lowest BCUT2D eigenvalue weighted by Crippen LogP contribution is -2.40. The van der Waals surface area contributed by atoms with E-state index in [2.05, 4.69) is 23.3 Å². The first-order valence-electron chi connectivity index (χ1n) is 5.33. The third-order valence-corrected chi connectivity index (χ3v) is 1.98. The average molecular weight is 294 g/mol. The molecule has 0 spiro atoms. The summed E-state index contributed by atoms with van der Waals surface area (Å²) >= 11 is 3.73. The van der Waals surface area contributed by atoms with Crippen LogP contribution in [-0.2, 0) is 19.2 Å². The SMILES string of the molecule is CC(=O)N[C@@H](CS)C(=O)O.CCC(=O)NCC(=O)O. The van der Waals surface area contributed by atoms with Crippen LogP contribution in [0, 0.1) is 0 Å². The minimum Gasteiger partial charge on any atom is -0.480 e. The molecule has 0 aromatic rings. The fourth-order valence-electron chi connectivity index (χ4n) is 0.730. The number of carbonyl (C=O) groups is 4. The van der Waals surface area contributed by atoms with Gasteiger partial charge in [-0.1, -0.05) is 6.92 Å². The summed E-state index contributed by atoms with van der Waals surface area (Å²) in [5, 5.41) is 20.8. The van der Waals surface area contributed by atoms with Crippen molar-refractivity contribution in [1.82, 2.24) is 10.6 Å². The Bertz CT molecular complexity index is 334. The second kappa shape index (κ2) is 11.3. The van der Waals surface area contributed by atoms with Crippen molar-refractivity contribution in [2.75, 3.05) is 12.3 Å². The third kappa shape index (κ3) is 14.2. The molecule has 9 heteroatoms. The smallest absolute Gasteiger partial charge is 0.327 e. The molecule has 1 atom stereocenters. The lowest BCUT2D eigenvalue weighted by molar-refractivity contribution is -0.140. The first-order valence-corrected chi connectivity index (χ1v) is 5.97. The van der Waals surface area contributed by atoms with E-state index in [1.54, 1.807) is 6.92 Å². The molecule has 0 aliphatic rings. The number of carbonyl (C=O) groups excluding carboxylic acids is 2. The molecule has 0 saturated heterocycles. The van der Waals surface area contributed by atoms with Crippen LogP contribution in [0.15, 0.2) is 0 Å². The van der Waals surface area contributed by atoms with Crippen LogP contribution in [0.5, 0.6) is 0 Å². The van der Waals surface area contributed by atoms with Gasteiger partial charge in [0.25, 0.3) is 0 Å². The van der Waals surface area contributed by atoms with Gasteiger partial charge in [-0.2, -0.15) is 12.6 Å². The normalized spacial score (nSPS) is 10.5. The molecule has 0 aliphatic heterocycles. The molecule has 110 valence electrons. The van der Waals surface area contributed by atoms with Crippen molar-refractivity contribution in [3.05, 3.63) is 0 Å². The summed E-state index contributed by atoms with van der Waals surface area (Å²) < 4.78 is 0. The molecule has 8 nitrogen and oxygen atoms in total. The second-order valence-corrected chi connectivity index (χ2v) is 3.66. The lowest BCUT2D eigenvalue weighted by Gasteiger charge is -2.08. The van der Waals surface area contributed by atoms with Crippen molar-refractivity contribution in [3.8, 4) is 0 Å². The molecular formula is C10H18N2O6S. The molecular weight excluding hydrogens is 276 g/mol. The van der Waals surface area contributed by atoms with Crippen molar-refractivity contribution >= 4 is 36.4 Å². The number of carboxylic acid groups (broad SMARTS) is 2. The number of thiol groups is 1. The van der Waals surface area contributed by atoms with Crippen LogP contribution in [0.25, 0.3) is 0 Å². The van der Waals surface area contributed by atoms with Crippen molar-refractivity contribution in [2.45, 2.75) is 26.3 Å². The van der Waals surface area contributed by atoms with E-state index < -0.39 is 18.0 Å². The summed E-state index contributed by atoms with van der Waals surface area (Å²) in [5.74, 6) is -2.57. The topological polar surface area (TPSA) is 133 Å². The van der Waals surface area contributed by atoms with E-state index in [4.69, 9.17) is 10.2 Å². The Hall–Kier alpha value is -1.77. The third-order valence-electron chi connectivity index (χ3n) is 1.62. The van der Waals surface area contributed by atoms with E-state index in [-0.39, 0.29) is 24.1 Å². The molecule has 0 saturated carbocycles. The fourth-order valence-corrected chi connectivity index (χ4v) is 0.978. The van der Waals surface area contributed by atoms with Gasteiger partial charge in [-0.05, 0) is 0 Å². The van der Waals surface area contributed by atoms with Gasteiger partial charge < -0.3 is 20.8 Å². The quantitative estimate of drug-likeness (QED) is 0.403. The Labute approximate surface area is 116 Å². The Balaban J connectivity index is 0. The zero-order valence-corrected chi connectivity index (χ0v) is 11.6. The van der Waals surface area contributed by atoms with Gasteiger partial charge in [0.05, 0.1) is 0 Å². The number of rotatable bonds is 6. The Kier molecular flexibility index (Phi) is 11.7. The van der Waals surface area contributed by atoms with Crippen LogP contribution < -0.4 is 10.6 Å². The average Bonchev–Trinajstić information content (AvgIpc) is 2.33. The van der Waals surface area contributed by atoms with Crippen molar-refractivity contribution in [1.29, 1.82) is 0 Å². The molecule has 19 heavy (non-hydrogen) atoms. The molecule has 0 aromatic heterocycles. The van der Waals surface area contributed by atoms with E-state index in [9.17, 15) is 19.2 Å². The van der Waals surface area contributed by atoms with Crippen LogP contribution in [-0.4, -0.2) is 52.3 Å².